The Hall–Kier alpha value is -1.13. The minimum atomic E-state index is -0.561. The molecule has 86 valence electrons. The van der Waals surface area contributed by atoms with E-state index in [1.54, 1.807) is 19.1 Å². The maximum Gasteiger partial charge on any atom is 0.233 e. The zero-order chi connectivity index (χ0) is 11.5. The van der Waals surface area contributed by atoms with Gasteiger partial charge in [0.2, 0.25) is 5.91 Å². The van der Waals surface area contributed by atoms with E-state index in [1.165, 1.54) is 0 Å². The normalized spacial score (nSPS) is 44.6. The van der Waals surface area contributed by atoms with Crippen LogP contribution >= 0.6 is 0 Å². The molecule has 0 aromatic rings. The van der Waals surface area contributed by atoms with Crippen LogP contribution < -0.4 is 0 Å². The molecule has 0 radical (unpaired) electrons. The Morgan fingerprint density at radius 1 is 1.69 bits per heavy atom. The van der Waals surface area contributed by atoms with E-state index in [0.717, 1.165) is 5.70 Å². The summed E-state index contributed by atoms with van der Waals surface area (Å²) in [7, 11) is 3.41. The maximum atomic E-state index is 12.2. The lowest BCUT2D eigenvalue weighted by atomic mass is 9.77. The zero-order valence-electron chi connectivity index (χ0n) is 9.47. The van der Waals surface area contributed by atoms with Gasteiger partial charge in [0.25, 0.3) is 0 Å². The Morgan fingerprint density at radius 3 is 3.12 bits per heavy atom. The molecule has 4 atom stereocenters. The van der Waals surface area contributed by atoms with Gasteiger partial charge in [0.15, 0.2) is 0 Å². The average Bonchev–Trinajstić information content (AvgIpc) is 2.86. The second-order valence-electron chi connectivity index (χ2n) is 4.72. The molecule has 1 amide bonds. The van der Waals surface area contributed by atoms with Crippen LogP contribution in [0, 0.1) is 11.8 Å². The van der Waals surface area contributed by atoms with Crippen LogP contribution in [0.15, 0.2) is 24.4 Å². The standard InChI is InChI=1S/C12H15NO3/c1-7-9-8-4-5-12(16-8,6-15-3)10(9)11(14)13(7)2/h4-5,8-10H,1,6H2,2-3H3. The zero-order valence-corrected chi connectivity index (χ0v) is 9.47. The van der Waals surface area contributed by atoms with Crippen LogP contribution in [0.3, 0.4) is 0 Å². The lowest BCUT2D eigenvalue weighted by Gasteiger charge is -2.27. The van der Waals surface area contributed by atoms with E-state index in [0.29, 0.717) is 6.61 Å². The van der Waals surface area contributed by atoms with Gasteiger partial charge in [0.1, 0.15) is 5.60 Å². The molecular formula is C12H15NO3. The van der Waals surface area contributed by atoms with Crippen molar-refractivity contribution in [2.45, 2.75) is 11.7 Å². The molecule has 16 heavy (non-hydrogen) atoms. The molecule has 0 spiro atoms. The molecule has 4 nitrogen and oxygen atoms in total. The molecule has 3 aliphatic rings. The highest BCUT2D eigenvalue weighted by atomic mass is 16.6. The Balaban J connectivity index is 2.04. The van der Waals surface area contributed by atoms with Crippen LogP contribution in [0.5, 0.6) is 0 Å². The van der Waals surface area contributed by atoms with E-state index in [1.807, 2.05) is 12.2 Å². The first kappa shape index (κ1) is 10.1. The van der Waals surface area contributed by atoms with Gasteiger partial charge in [-0.1, -0.05) is 18.7 Å². The second kappa shape index (κ2) is 2.96. The summed E-state index contributed by atoms with van der Waals surface area (Å²) < 4.78 is 11.1. The lowest BCUT2D eigenvalue weighted by molar-refractivity contribution is -0.136. The number of carbonyl (C=O) groups is 1. The van der Waals surface area contributed by atoms with Crippen molar-refractivity contribution in [3.05, 3.63) is 24.4 Å². The number of hydrogen-bond acceptors (Lipinski definition) is 3. The van der Waals surface area contributed by atoms with Gasteiger partial charge >= 0.3 is 0 Å². The number of nitrogens with zero attached hydrogens (tertiary/aromatic N) is 1. The summed E-state index contributed by atoms with van der Waals surface area (Å²) in [5.74, 6) is 0.0384. The minimum absolute atomic E-state index is 0.0125. The summed E-state index contributed by atoms with van der Waals surface area (Å²) in [5, 5.41) is 0. The van der Waals surface area contributed by atoms with E-state index in [9.17, 15) is 4.79 Å². The van der Waals surface area contributed by atoms with Crippen molar-refractivity contribution in [3.63, 3.8) is 0 Å². The fraction of sp³-hybridized carbons (Fsp3) is 0.583. The van der Waals surface area contributed by atoms with Gasteiger partial charge in [-0.3, -0.25) is 4.79 Å². The number of rotatable bonds is 2. The molecule has 3 rings (SSSR count). The van der Waals surface area contributed by atoms with Gasteiger partial charge in [0, 0.05) is 25.8 Å². The predicted octanol–water partition coefficient (Wildman–Crippen LogP) is 0.558. The van der Waals surface area contributed by atoms with E-state index in [2.05, 4.69) is 6.58 Å². The maximum absolute atomic E-state index is 12.2. The number of amides is 1. The Labute approximate surface area is 94.5 Å². The van der Waals surface area contributed by atoms with Crippen LogP contribution in [0.4, 0.5) is 0 Å². The van der Waals surface area contributed by atoms with E-state index < -0.39 is 5.60 Å². The van der Waals surface area contributed by atoms with Gasteiger partial charge in [-0.2, -0.15) is 0 Å². The molecule has 0 N–H and O–H groups in total. The molecule has 0 saturated carbocycles. The average molecular weight is 221 g/mol. The number of hydrogen-bond donors (Lipinski definition) is 0. The van der Waals surface area contributed by atoms with Gasteiger partial charge in [-0.25, -0.2) is 0 Å². The Morgan fingerprint density at radius 2 is 2.44 bits per heavy atom. The fourth-order valence-corrected chi connectivity index (χ4v) is 3.17. The van der Waals surface area contributed by atoms with Crippen molar-refractivity contribution < 1.29 is 14.3 Å². The molecule has 2 saturated heterocycles. The topological polar surface area (TPSA) is 38.8 Å². The molecular weight excluding hydrogens is 206 g/mol. The molecule has 3 heterocycles. The van der Waals surface area contributed by atoms with Crippen molar-refractivity contribution in [1.82, 2.24) is 4.90 Å². The number of ether oxygens (including phenoxy) is 2. The van der Waals surface area contributed by atoms with Crippen LogP contribution in [0.2, 0.25) is 0 Å². The molecule has 4 heteroatoms. The summed E-state index contributed by atoms with van der Waals surface area (Å²) in [4.78, 5) is 13.8. The molecule has 2 fully saturated rings. The molecule has 0 aromatic heterocycles. The monoisotopic (exact) mass is 221 g/mol. The van der Waals surface area contributed by atoms with Gasteiger partial charge < -0.3 is 14.4 Å². The van der Waals surface area contributed by atoms with Crippen molar-refractivity contribution in [2.24, 2.45) is 11.8 Å². The summed E-state index contributed by atoms with van der Waals surface area (Å²) in [6.07, 6.45) is 3.99. The summed E-state index contributed by atoms with van der Waals surface area (Å²) >= 11 is 0. The quantitative estimate of drug-likeness (QED) is 0.639. The largest absolute Gasteiger partial charge is 0.381 e. The van der Waals surface area contributed by atoms with E-state index in [-0.39, 0.29) is 23.8 Å². The first-order valence-corrected chi connectivity index (χ1v) is 5.43. The third-order valence-corrected chi connectivity index (χ3v) is 3.95. The van der Waals surface area contributed by atoms with Gasteiger partial charge in [0.05, 0.1) is 18.6 Å². The van der Waals surface area contributed by atoms with Crippen molar-refractivity contribution in [1.29, 1.82) is 0 Å². The van der Waals surface area contributed by atoms with Crippen LogP contribution in [-0.2, 0) is 14.3 Å². The van der Waals surface area contributed by atoms with Crippen molar-refractivity contribution >= 4 is 5.91 Å². The summed E-state index contributed by atoms with van der Waals surface area (Å²) in [5.41, 5.74) is 0.303. The molecule has 0 aliphatic carbocycles. The minimum Gasteiger partial charge on any atom is -0.381 e. The molecule has 4 unspecified atom stereocenters. The molecule has 0 aromatic carbocycles. The van der Waals surface area contributed by atoms with Crippen LogP contribution in [-0.4, -0.2) is 43.3 Å². The number of carbonyl (C=O) groups excluding carboxylic acids is 1. The van der Waals surface area contributed by atoms with Crippen molar-refractivity contribution in [2.75, 3.05) is 20.8 Å². The second-order valence-corrected chi connectivity index (χ2v) is 4.72. The van der Waals surface area contributed by atoms with Gasteiger partial charge in [-0.15, -0.1) is 0 Å². The fourth-order valence-electron chi connectivity index (χ4n) is 3.17. The van der Waals surface area contributed by atoms with Crippen LogP contribution in [0.1, 0.15) is 0 Å². The van der Waals surface area contributed by atoms with Gasteiger partial charge in [-0.05, 0) is 0 Å². The Bertz CT molecular complexity index is 403. The molecule has 3 aliphatic heterocycles. The number of likely N-dealkylation sites (tertiary alicyclic amines) is 1. The lowest BCUT2D eigenvalue weighted by Crippen LogP contribution is -2.43. The first-order valence-electron chi connectivity index (χ1n) is 5.43. The highest BCUT2D eigenvalue weighted by Gasteiger charge is 2.64. The SMILES string of the molecule is C=C1C2C3C=CC(COC)(O3)C2C(=O)N1C. The highest BCUT2D eigenvalue weighted by Crippen LogP contribution is 2.54. The summed E-state index contributed by atoms with van der Waals surface area (Å²) in [6.45, 7) is 4.41. The third-order valence-electron chi connectivity index (χ3n) is 3.95. The van der Waals surface area contributed by atoms with Crippen LogP contribution in [0.25, 0.3) is 0 Å². The predicted molar refractivity (Wildman–Crippen MR) is 57.5 cm³/mol. The van der Waals surface area contributed by atoms with Crippen molar-refractivity contribution in [3.8, 4) is 0 Å². The Kier molecular flexibility index (Phi) is 1.86. The number of methoxy groups -OCH3 is 1. The molecule has 2 bridgehead atoms. The third kappa shape index (κ3) is 0.942. The smallest absolute Gasteiger partial charge is 0.233 e. The van der Waals surface area contributed by atoms with E-state index >= 15 is 0 Å². The summed E-state index contributed by atoms with van der Waals surface area (Å²) in [6, 6.07) is 0. The number of fused-ring (bicyclic) bond motifs is 5. The first-order chi connectivity index (χ1) is 7.60. The highest BCUT2D eigenvalue weighted by molar-refractivity contribution is 5.87. The van der Waals surface area contributed by atoms with E-state index in [4.69, 9.17) is 9.47 Å².